The van der Waals surface area contributed by atoms with Crippen LogP contribution in [-0.4, -0.2) is 94.7 Å². The number of hydrogen-bond donors (Lipinski definition) is 2. The van der Waals surface area contributed by atoms with E-state index in [-0.39, 0.29) is 35.9 Å². The molecule has 0 radical (unpaired) electrons. The van der Waals surface area contributed by atoms with Gasteiger partial charge in [0.2, 0.25) is 11.8 Å². The number of ether oxygens (including phenoxy) is 1. The third kappa shape index (κ3) is 7.55. The number of likely N-dealkylation sites (N-methyl/N-ethyl adjacent to an activating group) is 1. The highest BCUT2D eigenvalue weighted by Gasteiger charge is 2.39. The summed E-state index contributed by atoms with van der Waals surface area (Å²) >= 11 is 3.46. The number of aliphatic imine (C=N–C) groups is 1. The van der Waals surface area contributed by atoms with Crippen molar-refractivity contribution in [3.05, 3.63) is 94.7 Å². The fraction of sp³-hybridized carbons (Fsp3) is 0.386. The number of allylic oxidation sites excluding steroid dienone is 1. The molecule has 8 rings (SSSR count). The van der Waals surface area contributed by atoms with Gasteiger partial charge in [0.15, 0.2) is 0 Å². The second-order valence-corrected chi connectivity index (χ2v) is 17.4. The SMILES string of the molecule is COC(=O)N[C@H](C(=O)N1CCC[C@H]1c1ncc(-c2csc3c(-c4ccc(C5=CN=C([C@@H]6CCCN6C(=O)[C@@H](c6ccccc6)N(C)C)C5)cc4)csc23)[nH]1)C(C)C. The highest BCUT2D eigenvalue weighted by molar-refractivity contribution is 7.27. The summed E-state index contributed by atoms with van der Waals surface area (Å²) < 4.78 is 7.22. The van der Waals surface area contributed by atoms with Crippen LogP contribution >= 0.6 is 22.7 Å². The van der Waals surface area contributed by atoms with E-state index in [2.05, 4.69) is 50.2 Å². The van der Waals surface area contributed by atoms with Gasteiger partial charge in [-0.25, -0.2) is 9.78 Å². The summed E-state index contributed by atoms with van der Waals surface area (Å²) in [5.41, 5.74) is 8.79. The van der Waals surface area contributed by atoms with Gasteiger partial charge in [0, 0.05) is 53.3 Å². The second kappa shape index (κ2) is 16.4. The number of carbonyl (C=O) groups excluding carboxylic acids is 3. The molecule has 57 heavy (non-hydrogen) atoms. The zero-order valence-electron chi connectivity index (χ0n) is 33.0. The lowest BCUT2D eigenvalue weighted by Gasteiger charge is -2.32. The van der Waals surface area contributed by atoms with Crippen LogP contribution in [0, 0.1) is 5.92 Å². The van der Waals surface area contributed by atoms with Gasteiger partial charge in [-0.1, -0.05) is 68.4 Å². The fourth-order valence-corrected chi connectivity index (χ4v) is 11.0. The molecule has 0 unspecified atom stereocenters. The van der Waals surface area contributed by atoms with Gasteiger partial charge < -0.3 is 24.8 Å². The molecule has 3 aromatic heterocycles. The quantitative estimate of drug-likeness (QED) is 0.138. The summed E-state index contributed by atoms with van der Waals surface area (Å²) in [4.78, 5) is 58.7. The molecule has 11 nitrogen and oxygen atoms in total. The Labute approximate surface area is 341 Å². The number of aromatic amines is 1. The monoisotopic (exact) mass is 803 g/mol. The summed E-state index contributed by atoms with van der Waals surface area (Å²) in [6.45, 7) is 5.20. The number of benzene rings is 2. The van der Waals surface area contributed by atoms with Crippen LogP contribution < -0.4 is 5.32 Å². The second-order valence-electron chi connectivity index (χ2n) is 15.7. The van der Waals surface area contributed by atoms with E-state index in [9.17, 15) is 14.4 Å². The van der Waals surface area contributed by atoms with Crippen molar-refractivity contribution < 1.29 is 19.1 Å². The number of nitrogens with zero attached hydrogens (tertiary/aromatic N) is 5. The number of amides is 3. The molecule has 2 fully saturated rings. The maximum Gasteiger partial charge on any atom is 0.407 e. The molecule has 0 bridgehead atoms. The van der Waals surface area contributed by atoms with E-state index in [0.29, 0.717) is 6.54 Å². The molecule has 5 aromatic rings. The lowest BCUT2D eigenvalue weighted by atomic mass is 9.96. The zero-order chi connectivity index (χ0) is 39.8. The van der Waals surface area contributed by atoms with Crippen LogP contribution in [0.15, 0.2) is 82.7 Å². The minimum Gasteiger partial charge on any atom is -0.453 e. The Balaban J connectivity index is 0.938. The zero-order valence-corrected chi connectivity index (χ0v) is 34.7. The van der Waals surface area contributed by atoms with Crippen molar-refractivity contribution in [1.82, 2.24) is 30.0 Å². The summed E-state index contributed by atoms with van der Waals surface area (Å²) in [6, 6.07) is 17.6. The normalized spacial score (nSPS) is 19.4. The van der Waals surface area contributed by atoms with Crippen molar-refractivity contribution in [1.29, 1.82) is 0 Å². The highest BCUT2D eigenvalue weighted by atomic mass is 32.1. The Bertz CT molecular complexity index is 2320. The number of aromatic nitrogens is 2. The third-order valence-corrected chi connectivity index (χ3v) is 13.7. The lowest BCUT2D eigenvalue weighted by Crippen LogP contribution is -2.51. The number of imidazole rings is 1. The minimum atomic E-state index is -0.676. The maximum atomic E-state index is 14.0. The number of alkyl carbamates (subject to hydrolysis) is 1. The van der Waals surface area contributed by atoms with Gasteiger partial charge in [-0.3, -0.25) is 19.5 Å². The number of likely N-dealkylation sites (tertiary alicyclic amines) is 2. The van der Waals surface area contributed by atoms with Gasteiger partial charge in [0.25, 0.3) is 0 Å². The molecule has 3 aliphatic rings. The summed E-state index contributed by atoms with van der Waals surface area (Å²) in [5, 5.41) is 7.13. The van der Waals surface area contributed by atoms with Crippen LogP contribution in [0.2, 0.25) is 0 Å². The molecule has 3 aliphatic heterocycles. The van der Waals surface area contributed by atoms with Crippen molar-refractivity contribution in [3.8, 4) is 22.4 Å². The molecule has 3 amide bonds. The Morgan fingerprint density at radius 2 is 1.53 bits per heavy atom. The van der Waals surface area contributed by atoms with Crippen LogP contribution in [0.1, 0.15) is 75.0 Å². The number of rotatable bonds is 11. The summed E-state index contributed by atoms with van der Waals surface area (Å²) in [7, 11) is 5.25. The molecule has 296 valence electrons. The first kappa shape index (κ1) is 38.7. The van der Waals surface area contributed by atoms with Crippen molar-refractivity contribution in [2.24, 2.45) is 10.9 Å². The number of hydrogen-bond acceptors (Lipinski definition) is 9. The first-order valence-electron chi connectivity index (χ1n) is 19.7. The molecular formula is C44H49N7O4S2. The van der Waals surface area contributed by atoms with Crippen LogP contribution in [0.4, 0.5) is 4.79 Å². The first-order valence-corrected chi connectivity index (χ1v) is 21.5. The van der Waals surface area contributed by atoms with Gasteiger partial charge in [0.05, 0.1) is 40.5 Å². The highest BCUT2D eigenvalue weighted by Crippen LogP contribution is 2.44. The largest absolute Gasteiger partial charge is 0.453 e. The molecule has 0 saturated carbocycles. The van der Waals surface area contributed by atoms with Gasteiger partial charge in [-0.15, -0.1) is 22.7 Å². The number of methoxy groups -OCH3 is 1. The Kier molecular flexibility index (Phi) is 11.1. The molecule has 2 aromatic carbocycles. The molecule has 4 atom stereocenters. The van der Waals surface area contributed by atoms with Crippen molar-refractivity contribution in [2.75, 3.05) is 34.3 Å². The van der Waals surface area contributed by atoms with E-state index in [1.807, 2.05) is 80.5 Å². The van der Waals surface area contributed by atoms with Crippen molar-refractivity contribution in [3.63, 3.8) is 0 Å². The molecule has 2 saturated heterocycles. The lowest BCUT2D eigenvalue weighted by molar-refractivity contribution is -0.136. The smallest absolute Gasteiger partial charge is 0.407 e. The van der Waals surface area contributed by atoms with Crippen molar-refractivity contribution >= 4 is 61.3 Å². The van der Waals surface area contributed by atoms with Crippen LogP contribution in [-0.2, 0) is 14.3 Å². The van der Waals surface area contributed by atoms with E-state index in [4.69, 9.17) is 14.7 Å². The average molecular weight is 804 g/mol. The fourth-order valence-electron chi connectivity index (χ4n) is 8.56. The predicted octanol–water partition coefficient (Wildman–Crippen LogP) is 8.54. The minimum absolute atomic E-state index is 0.0157. The number of nitrogens with one attached hydrogen (secondary N) is 2. The van der Waals surface area contributed by atoms with E-state index in [1.54, 1.807) is 22.7 Å². The molecular weight excluding hydrogens is 755 g/mol. The number of H-pyrrole nitrogens is 1. The average Bonchev–Trinajstić information content (AvgIpc) is 4.06. The number of thiophene rings is 2. The van der Waals surface area contributed by atoms with Crippen LogP contribution in [0.25, 0.3) is 37.4 Å². The Hall–Kier alpha value is -5.11. The molecule has 6 heterocycles. The van der Waals surface area contributed by atoms with Crippen LogP contribution in [0.5, 0.6) is 0 Å². The molecule has 2 N–H and O–H groups in total. The van der Waals surface area contributed by atoms with Crippen molar-refractivity contribution in [2.45, 2.75) is 70.1 Å². The summed E-state index contributed by atoms with van der Waals surface area (Å²) in [6.07, 6.45) is 7.56. The first-order chi connectivity index (χ1) is 27.6. The standard InChI is InChI=1S/C44H49N7O4S2/c1-26(2)37(48-44(54)55-5)42(52)51-20-10-14-36(51)41-46-23-34(47-41)32-25-57-39-31(24-56-40(32)39)28-17-15-27(16-18-28)30-21-33(45-22-30)35-13-9-19-50(35)43(53)38(49(3)4)29-11-7-6-8-12-29/h6-8,11-12,15-18,22-26,35-38H,9-10,13-14,19-21H2,1-5H3,(H,46,47)(H,48,54)/t35-,36-,37-,38+/m0/s1. The third-order valence-electron chi connectivity index (χ3n) is 11.5. The van der Waals surface area contributed by atoms with Crippen LogP contribution in [0.3, 0.4) is 0 Å². The van der Waals surface area contributed by atoms with Gasteiger partial charge in [0.1, 0.15) is 17.9 Å². The van der Waals surface area contributed by atoms with Gasteiger partial charge in [-0.05, 0) is 68.0 Å². The maximum absolute atomic E-state index is 14.0. The van der Waals surface area contributed by atoms with Gasteiger partial charge in [-0.2, -0.15) is 0 Å². The van der Waals surface area contributed by atoms with E-state index in [1.165, 1.54) is 27.6 Å². The number of fused-ring (bicyclic) bond motifs is 1. The topological polar surface area (TPSA) is 123 Å². The molecule has 0 aliphatic carbocycles. The molecule has 0 spiro atoms. The number of carbonyl (C=O) groups is 3. The van der Waals surface area contributed by atoms with E-state index in [0.717, 1.165) is 78.1 Å². The Morgan fingerprint density at radius 3 is 2.21 bits per heavy atom. The van der Waals surface area contributed by atoms with E-state index < -0.39 is 12.1 Å². The Morgan fingerprint density at radius 1 is 0.877 bits per heavy atom. The summed E-state index contributed by atoms with van der Waals surface area (Å²) in [5.74, 6) is 0.682. The van der Waals surface area contributed by atoms with E-state index >= 15 is 0 Å². The predicted molar refractivity (Wildman–Crippen MR) is 228 cm³/mol. The van der Waals surface area contributed by atoms with Gasteiger partial charge >= 0.3 is 6.09 Å². The molecule has 13 heteroatoms.